The maximum Gasteiger partial charge on any atom is 0.573 e. The molecular weight excluding hydrogens is 328 g/mol. The van der Waals surface area contributed by atoms with E-state index in [4.69, 9.17) is 4.74 Å². The molecule has 0 spiro atoms. The molecule has 0 atom stereocenters. The van der Waals surface area contributed by atoms with Crippen molar-refractivity contribution in [2.75, 3.05) is 0 Å². The van der Waals surface area contributed by atoms with E-state index in [1.807, 2.05) is 0 Å². The van der Waals surface area contributed by atoms with Crippen molar-refractivity contribution >= 4 is 5.97 Å². The number of hydrogen-bond donors (Lipinski definition) is 0. The highest BCUT2D eigenvalue weighted by atomic mass is 19.4. The molecule has 126 valence electrons. The third kappa shape index (κ3) is 4.04. The molecule has 1 fully saturated rings. The van der Waals surface area contributed by atoms with Gasteiger partial charge in [0.2, 0.25) is 0 Å². The normalized spacial score (nSPS) is 14.3. The molecule has 0 radical (unpaired) electrons. The number of esters is 1. The van der Waals surface area contributed by atoms with Gasteiger partial charge in [-0.25, -0.2) is 4.39 Å². The molecule has 0 aromatic heterocycles. The summed E-state index contributed by atoms with van der Waals surface area (Å²) >= 11 is 0. The molecule has 24 heavy (non-hydrogen) atoms. The lowest BCUT2D eigenvalue weighted by Gasteiger charge is -2.10. The fraction of sp³-hybridized carbons (Fsp3) is 0.235. The Balaban J connectivity index is 1.75. The van der Waals surface area contributed by atoms with Gasteiger partial charge in [0.1, 0.15) is 17.3 Å². The first-order valence-electron chi connectivity index (χ1n) is 7.19. The summed E-state index contributed by atoms with van der Waals surface area (Å²) < 4.78 is 59.3. The van der Waals surface area contributed by atoms with Crippen LogP contribution in [0.2, 0.25) is 0 Å². The fourth-order valence-electron chi connectivity index (χ4n) is 2.15. The van der Waals surface area contributed by atoms with Crippen LogP contribution in [0.1, 0.15) is 12.8 Å². The predicted molar refractivity (Wildman–Crippen MR) is 76.9 cm³/mol. The van der Waals surface area contributed by atoms with E-state index in [1.54, 1.807) is 0 Å². The Kier molecular flexibility index (Phi) is 4.17. The molecule has 0 unspecified atom stereocenters. The van der Waals surface area contributed by atoms with E-state index in [0.717, 1.165) is 31.0 Å². The van der Waals surface area contributed by atoms with Crippen molar-refractivity contribution in [2.24, 2.45) is 5.92 Å². The van der Waals surface area contributed by atoms with Gasteiger partial charge in [0.15, 0.2) is 0 Å². The van der Waals surface area contributed by atoms with Gasteiger partial charge in [0.25, 0.3) is 0 Å². The van der Waals surface area contributed by atoms with Crippen molar-refractivity contribution in [1.82, 2.24) is 0 Å². The van der Waals surface area contributed by atoms with Crippen LogP contribution in [0.25, 0.3) is 11.1 Å². The first-order chi connectivity index (χ1) is 11.3. The largest absolute Gasteiger partial charge is 0.573 e. The lowest BCUT2D eigenvalue weighted by Crippen LogP contribution is -2.16. The number of carbonyl (C=O) groups excluding carboxylic acids is 1. The Morgan fingerprint density at radius 1 is 1.00 bits per heavy atom. The maximum absolute atomic E-state index is 14.2. The molecule has 0 heterocycles. The zero-order valence-electron chi connectivity index (χ0n) is 12.3. The van der Waals surface area contributed by atoms with Crippen molar-refractivity contribution in [3.8, 4) is 22.6 Å². The molecule has 7 heteroatoms. The Morgan fingerprint density at radius 2 is 1.62 bits per heavy atom. The number of hydrogen-bond acceptors (Lipinski definition) is 3. The monoisotopic (exact) mass is 340 g/mol. The maximum atomic E-state index is 14.2. The minimum absolute atomic E-state index is 0.102. The summed E-state index contributed by atoms with van der Waals surface area (Å²) in [6.07, 6.45) is -3.21. The van der Waals surface area contributed by atoms with Crippen LogP contribution in [-0.4, -0.2) is 12.3 Å². The standard InChI is InChI=1S/C17H12F4O3/c18-15-9-13(23-16(22)11-1-2-11)7-8-14(15)10-3-5-12(6-4-10)24-17(19,20)21/h3-9,11H,1-2H2. The zero-order valence-corrected chi connectivity index (χ0v) is 12.3. The van der Waals surface area contributed by atoms with Crippen LogP contribution in [-0.2, 0) is 4.79 Å². The molecule has 1 aliphatic rings. The summed E-state index contributed by atoms with van der Waals surface area (Å²) in [4.78, 5) is 11.5. The number of benzene rings is 2. The molecule has 0 amide bonds. The molecule has 2 aromatic rings. The molecule has 0 bridgehead atoms. The van der Waals surface area contributed by atoms with E-state index in [2.05, 4.69) is 4.74 Å². The van der Waals surface area contributed by atoms with Gasteiger partial charge in [-0.15, -0.1) is 13.2 Å². The van der Waals surface area contributed by atoms with Crippen LogP contribution >= 0.6 is 0 Å². The zero-order chi connectivity index (χ0) is 17.3. The first kappa shape index (κ1) is 16.3. The van der Waals surface area contributed by atoms with E-state index in [1.165, 1.54) is 24.3 Å². The van der Waals surface area contributed by atoms with Gasteiger partial charge in [-0.05, 0) is 42.7 Å². The highest BCUT2D eigenvalue weighted by Crippen LogP contribution is 2.33. The van der Waals surface area contributed by atoms with Crippen LogP contribution in [0, 0.1) is 11.7 Å². The highest BCUT2D eigenvalue weighted by Gasteiger charge is 2.32. The molecule has 0 N–H and O–H groups in total. The summed E-state index contributed by atoms with van der Waals surface area (Å²) in [6.45, 7) is 0. The van der Waals surface area contributed by atoms with E-state index >= 15 is 0 Å². The third-order valence-corrected chi connectivity index (χ3v) is 3.47. The second-order valence-corrected chi connectivity index (χ2v) is 5.41. The Bertz CT molecular complexity index is 749. The van der Waals surface area contributed by atoms with Crippen molar-refractivity contribution in [3.05, 3.63) is 48.3 Å². The summed E-state index contributed by atoms with van der Waals surface area (Å²) in [5.41, 5.74) is 0.557. The highest BCUT2D eigenvalue weighted by molar-refractivity contribution is 5.77. The van der Waals surface area contributed by atoms with Crippen LogP contribution in [0.4, 0.5) is 17.6 Å². The molecule has 3 rings (SSSR count). The second-order valence-electron chi connectivity index (χ2n) is 5.41. The molecule has 0 aliphatic heterocycles. The summed E-state index contributed by atoms with van der Waals surface area (Å²) in [6, 6.07) is 8.76. The quantitative estimate of drug-likeness (QED) is 0.459. The second kappa shape index (κ2) is 6.14. The summed E-state index contributed by atoms with van der Waals surface area (Å²) in [5, 5.41) is 0. The van der Waals surface area contributed by atoms with E-state index in [9.17, 15) is 22.4 Å². The average Bonchev–Trinajstić information content (AvgIpc) is 3.31. The predicted octanol–water partition coefficient (Wildman–Crippen LogP) is 4.71. The van der Waals surface area contributed by atoms with E-state index in [-0.39, 0.29) is 28.9 Å². The first-order valence-corrected chi connectivity index (χ1v) is 7.19. The van der Waals surface area contributed by atoms with Gasteiger partial charge in [0.05, 0.1) is 5.92 Å². The minimum atomic E-state index is -4.78. The van der Waals surface area contributed by atoms with Crippen LogP contribution in [0.3, 0.4) is 0 Å². The lowest BCUT2D eigenvalue weighted by molar-refractivity contribution is -0.274. The van der Waals surface area contributed by atoms with Crippen molar-refractivity contribution in [1.29, 1.82) is 0 Å². The van der Waals surface area contributed by atoms with Gasteiger partial charge in [-0.1, -0.05) is 12.1 Å². The van der Waals surface area contributed by atoms with Gasteiger partial charge in [0, 0.05) is 11.6 Å². The van der Waals surface area contributed by atoms with Gasteiger partial charge in [-0.2, -0.15) is 0 Å². The van der Waals surface area contributed by atoms with Crippen molar-refractivity contribution in [3.63, 3.8) is 0 Å². The third-order valence-electron chi connectivity index (χ3n) is 3.47. The van der Waals surface area contributed by atoms with Crippen LogP contribution < -0.4 is 9.47 Å². The van der Waals surface area contributed by atoms with Crippen LogP contribution in [0.5, 0.6) is 11.5 Å². The van der Waals surface area contributed by atoms with Gasteiger partial charge >= 0.3 is 12.3 Å². The molecular formula is C17H12F4O3. The average molecular weight is 340 g/mol. The molecule has 3 nitrogen and oxygen atoms in total. The number of carbonyl (C=O) groups is 1. The van der Waals surface area contributed by atoms with Gasteiger partial charge in [-0.3, -0.25) is 4.79 Å². The molecule has 1 aliphatic carbocycles. The number of ether oxygens (including phenoxy) is 2. The summed E-state index contributed by atoms with van der Waals surface area (Å²) in [5.74, 6) is -1.41. The lowest BCUT2D eigenvalue weighted by atomic mass is 10.0. The SMILES string of the molecule is O=C(Oc1ccc(-c2ccc(OC(F)(F)F)cc2)c(F)c1)C1CC1. The van der Waals surface area contributed by atoms with Gasteiger partial charge < -0.3 is 9.47 Å². The Hall–Kier alpha value is -2.57. The van der Waals surface area contributed by atoms with Crippen LogP contribution in [0.15, 0.2) is 42.5 Å². The number of alkyl halides is 3. The summed E-state index contributed by atoms with van der Waals surface area (Å²) in [7, 11) is 0. The Morgan fingerprint density at radius 3 is 2.17 bits per heavy atom. The number of rotatable bonds is 4. The smallest absolute Gasteiger partial charge is 0.426 e. The topological polar surface area (TPSA) is 35.5 Å². The van der Waals surface area contributed by atoms with Crippen molar-refractivity contribution in [2.45, 2.75) is 19.2 Å². The molecule has 0 saturated heterocycles. The Labute approximate surface area is 134 Å². The van der Waals surface area contributed by atoms with Crippen molar-refractivity contribution < 1.29 is 31.8 Å². The minimum Gasteiger partial charge on any atom is -0.426 e. The van der Waals surface area contributed by atoms with E-state index < -0.39 is 12.2 Å². The fourth-order valence-corrected chi connectivity index (χ4v) is 2.15. The van der Waals surface area contributed by atoms with E-state index in [0.29, 0.717) is 5.56 Å². The molecule has 1 saturated carbocycles. The molecule has 2 aromatic carbocycles. The number of halogens is 4.